The average Bonchev–Trinajstić information content (AvgIpc) is 3.67. The highest BCUT2D eigenvalue weighted by atomic mass is 32.2. The Morgan fingerprint density at radius 1 is 1.17 bits per heavy atom. The zero-order valence-corrected chi connectivity index (χ0v) is 28.0. The van der Waals surface area contributed by atoms with E-state index in [1.165, 1.54) is 39.8 Å². The summed E-state index contributed by atoms with van der Waals surface area (Å²) in [6, 6.07) is -0.818. The van der Waals surface area contributed by atoms with E-state index in [1.807, 2.05) is 19.0 Å². The van der Waals surface area contributed by atoms with Crippen molar-refractivity contribution in [3.63, 3.8) is 0 Å². The number of ether oxygens (including phenoxy) is 3. The van der Waals surface area contributed by atoms with Gasteiger partial charge in [-0.25, -0.2) is 19.3 Å². The number of hydrogen-bond acceptors (Lipinski definition) is 16. The number of thioether (sulfide) groups is 2. The summed E-state index contributed by atoms with van der Waals surface area (Å²) in [5, 5.41) is 16.8. The predicted molar refractivity (Wildman–Crippen MR) is 170 cm³/mol. The Hall–Kier alpha value is -3.42. The van der Waals surface area contributed by atoms with E-state index in [1.54, 1.807) is 10.1 Å². The largest absolute Gasteiger partial charge is 0.508 e. The number of nitrogens with two attached hydrogens (primary N) is 1. The van der Waals surface area contributed by atoms with Crippen molar-refractivity contribution in [1.29, 1.82) is 0 Å². The number of tetrazole rings is 1. The maximum Gasteiger partial charge on any atom is 0.508 e. The lowest BCUT2D eigenvalue weighted by molar-refractivity contribution is -0.153. The summed E-state index contributed by atoms with van der Waals surface area (Å²) in [4.78, 5) is 59.1. The van der Waals surface area contributed by atoms with E-state index in [4.69, 9.17) is 19.9 Å². The number of carbonyl (C=O) groups is 4. The molecule has 3 N–H and O–H groups in total. The predicted octanol–water partition coefficient (Wildman–Crippen LogP) is 1.29. The number of likely N-dealkylation sites (N-methyl/N-ethyl adjacent to an activating group) is 1. The minimum Gasteiger partial charge on any atom is -0.457 e. The van der Waals surface area contributed by atoms with Crippen LogP contribution < -0.4 is 11.1 Å². The Balaban J connectivity index is 1.22. The molecule has 1 aliphatic carbocycles. The minimum absolute atomic E-state index is 0.0206. The first kappa shape index (κ1) is 33.9. The molecule has 2 amide bonds. The van der Waals surface area contributed by atoms with Gasteiger partial charge in [-0.3, -0.25) is 14.5 Å². The van der Waals surface area contributed by atoms with Gasteiger partial charge in [-0.1, -0.05) is 18.2 Å². The van der Waals surface area contributed by atoms with E-state index in [-0.39, 0.29) is 37.3 Å². The number of nitrogens with one attached hydrogen (secondary N) is 1. The van der Waals surface area contributed by atoms with Crippen molar-refractivity contribution in [1.82, 2.24) is 40.3 Å². The Morgan fingerprint density at radius 3 is 2.70 bits per heavy atom. The number of nitrogens with zero attached hydrogens (tertiary/aromatic N) is 7. The third kappa shape index (κ3) is 8.68. The van der Waals surface area contributed by atoms with E-state index in [0.717, 1.165) is 38.6 Å². The Bertz CT molecular complexity index is 1440. The summed E-state index contributed by atoms with van der Waals surface area (Å²) in [5.41, 5.74) is 6.94. The van der Waals surface area contributed by atoms with Gasteiger partial charge in [0.25, 0.3) is 5.91 Å². The monoisotopic (exact) mass is 695 g/mol. The van der Waals surface area contributed by atoms with Crippen molar-refractivity contribution in [2.45, 2.75) is 67.7 Å². The summed E-state index contributed by atoms with van der Waals surface area (Å²) in [6.45, 7) is 0.900. The molecule has 0 aromatic carbocycles. The average molecular weight is 696 g/mol. The highest BCUT2D eigenvalue weighted by Crippen LogP contribution is 2.42. The second-order valence-electron chi connectivity index (χ2n) is 11.1. The summed E-state index contributed by atoms with van der Waals surface area (Å²) < 4.78 is 17.6. The highest BCUT2D eigenvalue weighted by molar-refractivity contribution is 8.01. The molecule has 0 bridgehead atoms. The number of rotatable bonds is 14. The van der Waals surface area contributed by atoms with E-state index >= 15 is 0 Å². The maximum absolute atomic E-state index is 13.5. The molecule has 1 saturated carbocycles. The van der Waals surface area contributed by atoms with Crippen molar-refractivity contribution >= 4 is 63.9 Å². The van der Waals surface area contributed by atoms with E-state index in [2.05, 4.69) is 25.8 Å². The van der Waals surface area contributed by atoms with Crippen LogP contribution in [0.25, 0.3) is 0 Å². The van der Waals surface area contributed by atoms with Gasteiger partial charge in [0.2, 0.25) is 11.1 Å². The standard InChI is InChI=1S/C27H37N9O7S3/c1-34(2)8-9-35-26(31-32-33-35)46-14-16-13-44-23-20(30-19(37)12-17-15-45-25(28)29-17)22(38)36(23)21(16)24(39)41-10-11-42-27(40)43-18-6-4-3-5-7-18/h15,18,20,23H,3-14H2,1-2H3,(H2,28,29)(H,30,37)/t20-,23-/m0/s1. The number of hydrogen-bond donors (Lipinski definition) is 2. The molecule has 2 fully saturated rings. The van der Waals surface area contributed by atoms with Gasteiger partial charge in [-0.2, -0.15) is 0 Å². The fourth-order valence-electron chi connectivity index (χ4n) is 5.14. The number of anilines is 1. The van der Waals surface area contributed by atoms with Gasteiger partial charge in [-0.05, 0) is 55.8 Å². The smallest absolute Gasteiger partial charge is 0.457 e. The van der Waals surface area contributed by atoms with Crippen molar-refractivity contribution in [2.24, 2.45) is 0 Å². The van der Waals surface area contributed by atoms with Crippen LogP contribution in [0.15, 0.2) is 21.8 Å². The van der Waals surface area contributed by atoms with Crippen LogP contribution in [0.4, 0.5) is 9.93 Å². The molecule has 2 aliphatic heterocycles. The van der Waals surface area contributed by atoms with Crippen molar-refractivity contribution < 1.29 is 33.4 Å². The van der Waals surface area contributed by atoms with Gasteiger partial charge in [0.05, 0.1) is 18.7 Å². The summed E-state index contributed by atoms with van der Waals surface area (Å²) in [7, 11) is 3.91. The van der Waals surface area contributed by atoms with Crippen LogP contribution in [0, 0.1) is 0 Å². The maximum atomic E-state index is 13.5. The second-order valence-corrected chi connectivity index (χ2v) is 14.1. The number of thiazole rings is 1. The summed E-state index contributed by atoms with van der Waals surface area (Å²) in [5.74, 6) is -0.804. The van der Waals surface area contributed by atoms with Gasteiger partial charge < -0.3 is 30.2 Å². The Labute approximate surface area is 278 Å². The number of β-lactam (4-membered cyclic amide) rings is 1. The molecular formula is C27H37N9O7S3. The van der Waals surface area contributed by atoms with Crippen LogP contribution in [0.3, 0.4) is 0 Å². The molecule has 2 aromatic heterocycles. The first-order chi connectivity index (χ1) is 22.2. The molecule has 3 aliphatic rings. The molecule has 2 aromatic rings. The number of aromatic nitrogens is 5. The highest BCUT2D eigenvalue weighted by Gasteiger charge is 2.54. The SMILES string of the molecule is CN(C)CCn1nnnc1SCC1=C(C(=O)OCCOC(=O)OC2CCCCC2)N2C(=O)[C@H](NC(=O)Cc3csc(N)n3)[C@@H]2SC1. The Morgan fingerprint density at radius 2 is 1.96 bits per heavy atom. The molecule has 5 rings (SSSR count). The van der Waals surface area contributed by atoms with Gasteiger partial charge in [-0.15, -0.1) is 28.2 Å². The fraction of sp³-hybridized carbons (Fsp3) is 0.630. The van der Waals surface area contributed by atoms with Crippen LogP contribution in [0.5, 0.6) is 0 Å². The topological polar surface area (TPSA) is 197 Å². The molecule has 0 radical (unpaired) electrons. The van der Waals surface area contributed by atoms with Crippen LogP contribution in [-0.4, -0.2) is 122 Å². The fourth-order valence-corrected chi connectivity index (χ4v) is 8.09. The second kappa shape index (κ2) is 15.9. The quantitative estimate of drug-likeness (QED) is 0.124. The molecule has 0 unspecified atom stereocenters. The molecular weight excluding hydrogens is 659 g/mol. The molecule has 0 spiro atoms. The number of esters is 1. The van der Waals surface area contributed by atoms with Gasteiger partial charge >= 0.3 is 12.1 Å². The van der Waals surface area contributed by atoms with Gasteiger partial charge in [0.1, 0.15) is 36.4 Å². The number of fused-ring (bicyclic) bond motifs is 1. The molecule has 4 heterocycles. The van der Waals surface area contributed by atoms with E-state index in [0.29, 0.717) is 39.6 Å². The lowest BCUT2D eigenvalue weighted by atomic mass is 9.98. The molecule has 250 valence electrons. The van der Waals surface area contributed by atoms with Crippen LogP contribution in [0.2, 0.25) is 0 Å². The third-order valence-corrected chi connectivity index (χ3v) is 10.6. The summed E-state index contributed by atoms with van der Waals surface area (Å²) >= 11 is 4.01. The van der Waals surface area contributed by atoms with Crippen LogP contribution >= 0.6 is 34.9 Å². The van der Waals surface area contributed by atoms with Crippen molar-refractivity contribution in [3.05, 3.63) is 22.3 Å². The molecule has 2 atom stereocenters. The molecule has 46 heavy (non-hydrogen) atoms. The molecule has 19 heteroatoms. The number of amides is 2. The first-order valence-electron chi connectivity index (χ1n) is 14.9. The van der Waals surface area contributed by atoms with Gasteiger partial charge in [0.15, 0.2) is 5.13 Å². The van der Waals surface area contributed by atoms with Gasteiger partial charge in [0, 0.05) is 23.4 Å². The van der Waals surface area contributed by atoms with Crippen LogP contribution in [-0.2, 0) is 41.6 Å². The zero-order valence-electron chi connectivity index (χ0n) is 25.6. The first-order valence-corrected chi connectivity index (χ1v) is 17.8. The number of carbonyl (C=O) groups excluding carboxylic acids is 4. The van der Waals surface area contributed by atoms with E-state index < -0.39 is 29.4 Å². The Kier molecular flexibility index (Phi) is 11.7. The van der Waals surface area contributed by atoms with Crippen molar-refractivity contribution in [2.75, 3.05) is 51.1 Å². The minimum atomic E-state index is -0.818. The number of nitrogen functional groups attached to an aromatic ring is 1. The summed E-state index contributed by atoms with van der Waals surface area (Å²) in [6.07, 6.45) is 3.80. The van der Waals surface area contributed by atoms with Crippen LogP contribution in [0.1, 0.15) is 37.8 Å². The third-order valence-electron chi connectivity index (χ3n) is 7.45. The van der Waals surface area contributed by atoms with E-state index in [9.17, 15) is 19.2 Å². The lowest BCUT2D eigenvalue weighted by Crippen LogP contribution is -2.70. The molecule has 16 nitrogen and oxygen atoms in total. The normalized spacial score (nSPS) is 19.9. The molecule has 1 saturated heterocycles. The zero-order chi connectivity index (χ0) is 32.6. The van der Waals surface area contributed by atoms with Crippen molar-refractivity contribution in [3.8, 4) is 0 Å². The lowest BCUT2D eigenvalue weighted by Gasteiger charge is -2.49.